The summed E-state index contributed by atoms with van der Waals surface area (Å²) in [6, 6.07) is 9.91. The summed E-state index contributed by atoms with van der Waals surface area (Å²) >= 11 is 0. The first-order valence-electron chi connectivity index (χ1n) is 5.18. The molecule has 0 spiro atoms. The molecule has 1 N–H and O–H groups in total. The van der Waals surface area contributed by atoms with E-state index in [0.29, 0.717) is 6.42 Å². The Morgan fingerprint density at radius 3 is 2.67 bits per heavy atom. The van der Waals surface area contributed by atoms with E-state index in [1.54, 1.807) is 6.08 Å². The van der Waals surface area contributed by atoms with Crippen LogP contribution in [-0.2, 0) is 4.79 Å². The molecule has 0 aromatic heterocycles. The fourth-order valence-electron chi connectivity index (χ4n) is 2.05. The number of benzene rings is 1. The number of carbonyl (C=O) groups excluding carboxylic acids is 1. The second-order valence-corrected chi connectivity index (χ2v) is 3.89. The molecule has 2 heteroatoms. The lowest BCUT2D eigenvalue weighted by Gasteiger charge is -2.25. The summed E-state index contributed by atoms with van der Waals surface area (Å²) in [4.78, 5) is 11.3. The average Bonchev–Trinajstić information content (AvgIpc) is 2.30. The van der Waals surface area contributed by atoms with Gasteiger partial charge >= 0.3 is 0 Å². The molecule has 2 rings (SSSR count). The topological polar surface area (TPSA) is 37.3 Å². The lowest BCUT2D eigenvalue weighted by atomic mass is 9.79. The highest BCUT2D eigenvalue weighted by Crippen LogP contribution is 2.32. The van der Waals surface area contributed by atoms with E-state index in [1.807, 2.05) is 36.4 Å². The maximum Gasteiger partial charge on any atom is 0.156 e. The molecule has 2 atom stereocenters. The van der Waals surface area contributed by atoms with E-state index in [-0.39, 0.29) is 24.2 Å². The van der Waals surface area contributed by atoms with Gasteiger partial charge < -0.3 is 5.11 Å². The normalized spacial score (nSPS) is 25.5. The predicted octanol–water partition coefficient (Wildman–Crippen LogP) is 1.91. The van der Waals surface area contributed by atoms with Gasteiger partial charge in [0.05, 0.1) is 0 Å². The molecule has 0 heterocycles. The van der Waals surface area contributed by atoms with Crippen molar-refractivity contribution in [2.75, 3.05) is 6.61 Å². The molecule has 0 aliphatic heterocycles. The van der Waals surface area contributed by atoms with Gasteiger partial charge in [0.15, 0.2) is 5.78 Å². The highest BCUT2D eigenvalue weighted by atomic mass is 16.3. The molecule has 2 nitrogen and oxygen atoms in total. The number of hydrogen-bond donors (Lipinski definition) is 1. The van der Waals surface area contributed by atoms with Crippen LogP contribution < -0.4 is 0 Å². The Kier molecular flexibility index (Phi) is 2.97. The van der Waals surface area contributed by atoms with Crippen molar-refractivity contribution < 1.29 is 9.90 Å². The minimum Gasteiger partial charge on any atom is -0.396 e. The van der Waals surface area contributed by atoms with Crippen molar-refractivity contribution >= 4 is 5.78 Å². The number of carbonyl (C=O) groups is 1. The monoisotopic (exact) mass is 202 g/mol. The molecule has 0 amide bonds. The quantitative estimate of drug-likeness (QED) is 0.795. The Balaban J connectivity index is 2.27. The van der Waals surface area contributed by atoms with Crippen molar-refractivity contribution in [3.8, 4) is 0 Å². The van der Waals surface area contributed by atoms with Crippen LogP contribution in [0.15, 0.2) is 42.5 Å². The fourth-order valence-corrected chi connectivity index (χ4v) is 2.05. The van der Waals surface area contributed by atoms with E-state index in [0.717, 1.165) is 5.56 Å². The number of rotatable bonds is 2. The molecule has 1 aliphatic carbocycles. The molecule has 1 aromatic carbocycles. The summed E-state index contributed by atoms with van der Waals surface area (Å²) in [6.45, 7) is 0.101. The van der Waals surface area contributed by atoms with Gasteiger partial charge in [-0.05, 0) is 17.6 Å². The van der Waals surface area contributed by atoms with Gasteiger partial charge in [-0.1, -0.05) is 36.4 Å². The SMILES string of the molecule is O=C1C=C[C@H](CO)[C@@H](c2ccccc2)C1. The van der Waals surface area contributed by atoms with Crippen LogP contribution in [0.2, 0.25) is 0 Å². The van der Waals surface area contributed by atoms with Gasteiger partial charge in [0.1, 0.15) is 0 Å². The summed E-state index contributed by atoms with van der Waals surface area (Å²) in [7, 11) is 0. The summed E-state index contributed by atoms with van der Waals surface area (Å²) in [5, 5.41) is 9.25. The van der Waals surface area contributed by atoms with E-state index in [4.69, 9.17) is 0 Å². The van der Waals surface area contributed by atoms with Crippen LogP contribution in [0.5, 0.6) is 0 Å². The highest BCUT2D eigenvalue weighted by molar-refractivity contribution is 5.91. The summed E-state index contributed by atoms with van der Waals surface area (Å²) < 4.78 is 0. The van der Waals surface area contributed by atoms with Crippen LogP contribution in [0.4, 0.5) is 0 Å². The summed E-state index contributed by atoms with van der Waals surface area (Å²) in [5.41, 5.74) is 1.13. The molecule has 0 bridgehead atoms. The third-order valence-electron chi connectivity index (χ3n) is 2.91. The van der Waals surface area contributed by atoms with E-state index in [2.05, 4.69) is 0 Å². The zero-order chi connectivity index (χ0) is 10.7. The maximum absolute atomic E-state index is 11.3. The van der Waals surface area contributed by atoms with Crippen molar-refractivity contribution in [2.24, 2.45) is 5.92 Å². The molecule has 0 fully saturated rings. The molecule has 0 unspecified atom stereocenters. The largest absolute Gasteiger partial charge is 0.396 e. The van der Waals surface area contributed by atoms with Gasteiger partial charge in [-0.3, -0.25) is 4.79 Å². The van der Waals surface area contributed by atoms with Crippen LogP contribution in [0, 0.1) is 5.92 Å². The minimum absolute atomic E-state index is 0.0742. The first kappa shape index (κ1) is 10.1. The van der Waals surface area contributed by atoms with Gasteiger partial charge in [0.25, 0.3) is 0 Å². The zero-order valence-corrected chi connectivity index (χ0v) is 8.47. The third kappa shape index (κ3) is 2.16. The maximum atomic E-state index is 11.3. The second-order valence-electron chi connectivity index (χ2n) is 3.89. The predicted molar refractivity (Wildman–Crippen MR) is 58.5 cm³/mol. The molecule has 15 heavy (non-hydrogen) atoms. The zero-order valence-electron chi connectivity index (χ0n) is 8.47. The number of aliphatic hydroxyl groups excluding tert-OH is 1. The molecular weight excluding hydrogens is 188 g/mol. The van der Waals surface area contributed by atoms with Crippen molar-refractivity contribution in [1.82, 2.24) is 0 Å². The van der Waals surface area contributed by atoms with Crippen LogP contribution in [0.3, 0.4) is 0 Å². The molecule has 1 aliphatic rings. The van der Waals surface area contributed by atoms with Gasteiger partial charge in [-0.15, -0.1) is 0 Å². The van der Waals surface area contributed by atoms with Gasteiger partial charge in [0.2, 0.25) is 0 Å². The molecule has 1 aromatic rings. The smallest absolute Gasteiger partial charge is 0.156 e. The van der Waals surface area contributed by atoms with Crippen LogP contribution >= 0.6 is 0 Å². The molecule has 78 valence electrons. The number of aliphatic hydroxyl groups is 1. The Bertz CT molecular complexity index is 367. The van der Waals surface area contributed by atoms with E-state index in [1.165, 1.54) is 0 Å². The van der Waals surface area contributed by atoms with E-state index < -0.39 is 0 Å². The van der Waals surface area contributed by atoms with Gasteiger partial charge in [0, 0.05) is 18.9 Å². The third-order valence-corrected chi connectivity index (χ3v) is 2.91. The Hall–Kier alpha value is -1.41. The molecule has 0 radical (unpaired) electrons. The van der Waals surface area contributed by atoms with Crippen LogP contribution in [0.25, 0.3) is 0 Å². The van der Waals surface area contributed by atoms with E-state index >= 15 is 0 Å². The summed E-state index contributed by atoms with van der Waals surface area (Å²) in [5.74, 6) is 0.354. The standard InChI is InChI=1S/C13H14O2/c14-9-11-6-7-12(15)8-13(11)10-4-2-1-3-5-10/h1-7,11,13-14H,8-9H2/t11-,13-/m1/s1. The van der Waals surface area contributed by atoms with Crippen molar-refractivity contribution in [3.05, 3.63) is 48.0 Å². The van der Waals surface area contributed by atoms with Crippen LogP contribution in [-0.4, -0.2) is 17.5 Å². The van der Waals surface area contributed by atoms with Crippen molar-refractivity contribution in [1.29, 1.82) is 0 Å². The number of hydrogen-bond acceptors (Lipinski definition) is 2. The van der Waals surface area contributed by atoms with Crippen molar-refractivity contribution in [2.45, 2.75) is 12.3 Å². The Labute approximate surface area is 89.2 Å². The molecular formula is C13H14O2. The van der Waals surface area contributed by atoms with Gasteiger partial charge in [-0.25, -0.2) is 0 Å². The number of ketones is 1. The Morgan fingerprint density at radius 1 is 1.27 bits per heavy atom. The Morgan fingerprint density at radius 2 is 2.00 bits per heavy atom. The van der Waals surface area contributed by atoms with Gasteiger partial charge in [-0.2, -0.15) is 0 Å². The lowest BCUT2D eigenvalue weighted by Crippen LogP contribution is -2.21. The fraction of sp³-hybridized carbons (Fsp3) is 0.308. The lowest BCUT2D eigenvalue weighted by molar-refractivity contribution is -0.115. The average molecular weight is 202 g/mol. The first-order chi connectivity index (χ1) is 7.31. The summed E-state index contributed by atoms with van der Waals surface area (Å²) in [6.07, 6.45) is 3.91. The first-order valence-corrected chi connectivity index (χ1v) is 5.18. The number of allylic oxidation sites excluding steroid dienone is 1. The van der Waals surface area contributed by atoms with Crippen molar-refractivity contribution in [3.63, 3.8) is 0 Å². The second kappa shape index (κ2) is 4.41. The highest BCUT2D eigenvalue weighted by Gasteiger charge is 2.25. The molecule has 0 saturated carbocycles. The van der Waals surface area contributed by atoms with Crippen LogP contribution in [0.1, 0.15) is 17.9 Å². The van der Waals surface area contributed by atoms with E-state index in [9.17, 15) is 9.90 Å². The molecule has 0 saturated heterocycles. The minimum atomic E-state index is 0.0742.